The zero-order valence-corrected chi connectivity index (χ0v) is 11.3. The lowest BCUT2D eigenvalue weighted by atomic mass is 10.1. The van der Waals surface area contributed by atoms with Crippen LogP contribution in [0.1, 0.15) is 24.8 Å². The predicted molar refractivity (Wildman–Crippen MR) is 77.9 cm³/mol. The van der Waals surface area contributed by atoms with Gasteiger partial charge in [-0.1, -0.05) is 30.3 Å². The summed E-state index contributed by atoms with van der Waals surface area (Å²) in [5.41, 5.74) is 6.34. The van der Waals surface area contributed by atoms with Crippen LogP contribution in [0.2, 0.25) is 0 Å². The van der Waals surface area contributed by atoms with Gasteiger partial charge in [-0.25, -0.2) is 0 Å². The van der Waals surface area contributed by atoms with E-state index in [1.165, 1.54) is 6.08 Å². The number of carboxylic acid groups (broad SMARTS) is 1. The van der Waals surface area contributed by atoms with Crippen molar-refractivity contribution in [1.82, 2.24) is 5.32 Å². The molecule has 5 nitrogen and oxygen atoms in total. The first-order chi connectivity index (χ1) is 9.59. The number of carbonyl (C=O) groups excluding carboxylic acids is 1. The number of hydrogen-bond acceptors (Lipinski definition) is 3. The summed E-state index contributed by atoms with van der Waals surface area (Å²) >= 11 is 0. The van der Waals surface area contributed by atoms with Crippen LogP contribution in [-0.2, 0) is 9.59 Å². The molecule has 0 radical (unpaired) electrons. The maximum atomic E-state index is 11.5. The van der Waals surface area contributed by atoms with Crippen molar-refractivity contribution in [2.75, 3.05) is 6.54 Å². The SMILES string of the molecule is NC(CCCCNC(=O)C=Cc1ccccc1)C(=O)O. The molecule has 0 aliphatic heterocycles. The summed E-state index contributed by atoms with van der Waals surface area (Å²) in [6.45, 7) is 0.518. The van der Waals surface area contributed by atoms with Gasteiger partial charge in [-0.05, 0) is 30.9 Å². The molecule has 0 saturated carbocycles. The Morgan fingerprint density at radius 3 is 2.60 bits per heavy atom. The maximum absolute atomic E-state index is 11.5. The van der Waals surface area contributed by atoms with Gasteiger partial charge in [0.2, 0.25) is 5.91 Å². The van der Waals surface area contributed by atoms with Gasteiger partial charge in [0, 0.05) is 12.6 Å². The summed E-state index contributed by atoms with van der Waals surface area (Å²) < 4.78 is 0. The van der Waals surface area contributed by atoms with E-state index in [-0.39, 0.29) is 5.91 Å². The molecule has 0 aromatic heterocycles. The van der Waals surface area contributed by atoms with E-state index in [9.17, 15) is 9.59 Å². The van der Waals surface area contributed by atoms with Crippen molar-refractivity contribution in [2.45, 2.75) is 25.3 Å². The van der Waals surface area contributed by atoms with E-state index in [0.29, 0.717) is 25.8 Å². The number of hydrogen-bond donors (Lipinski definition) is 3. The Morgan fingerprint density at radius 2 is 1.95 bits per heavy atom. The molecule has 1 rings (SSSR count). The van der Waals surface area contributed by atoms with Gasteiger partial charge < -0.3 is 16.2 Å². The molecule has 5 heteroatoms. The second kappa shape index (κ2) is 8.87. The summed E-state index contributed by atoms with van der Waals surface area (Å²) in [5.74, 6) is -1.14. The van der Waals surface area contributed by atoms with Crippen molar-refractivity contribution >= 4 is 18.0 Å². The molecule has 0 saturated heterocycles. The van der Waals surface area contributed by atoms with E-state index in [1.807, 2.05) is 30.3 Å². The van der Waals surface area contributed by atoms with Gasteiger partial charge in [0.1, 0.15) is 6.04 Å². The smallest absolute Gasteiger partial charge is 0.320 e. The molecule has 0 bridgehead atoms. The molecule has 1 aromatic carbocycles. The van der Waals surface area contributed by atoms with Crippen LogP contribution < -0.4 is 11.1 Å². The molecule has 4 N–H and O–H groups in total. The number of carbonyl (C=O) groups is 2. The molecule has 0 fully saturated rings. The number of amides is 1. The van der Waals surface area contributed by atoms with Crippen molar-refractivity contribution < 1.29 is 14.7 Å². The first-order valence-electron chi connectivity index (χ1n) is 6.59. The molecule has 20 heavy (non-hydrogen) atoms. The van der Waals surface area contributed by atoms with Crippen LogP contribution >= 0.6 is 0 Å². The van der Waals surface area contributed by atoms with E-state index >= 15 is 0 Å². The summed E-state index contributed by atoms with van der Waals surface area (Å²) in [7, 11) is 0. The highest BCUT2D eigenvalue weighted by Crippen LogP contribution is 2.01. The van der Waals surface area contributed by atoms with Crippen molar-refractivity contribution in [2.24, 2.45) is 5.73 Å². The third kappa shape index (κ3) is 6.70. The van der Waals surface area contributed by atoms with Crippen LogP contribution in [-0.4, -0.2) is 29.6 Å². The predicted octanol–water partition coefficient (Wildman–Crippen LogP) is 1.40. The number of unbranched alkanes of at least 4 members (excludes halogenated alkanes) is 1. The van der Waals surface area contributed by atoms with Crippen molar-refractivity contribution in [3.63, 3.8) is 0 Å². The molecule has 108 valence electrons. The van der Waals surface area contributed by atoms with E-state index < -0.39 is 12.0 Å². The molecule has 1 amide bonds. The maximum Gasteiger partial charge on any atom is 0.320 e. The lowest BCUT2D eigenvalue weighted by Crippen LogP contribution is -2.30. The van der Waals surface area contributed by atoms with Gasteiger partial charge >= 0.3 is 5.97 Å². The summed E-state index contributed by atoms with van der Waals surface area (Å²) in [4.78, 5) is 22.0. The van der Waals surface area contributed by atoms with Crippen molar-refractivity contribution in [1.29, 1.82) is 0 Å². The summed E-state index contributed by atoms with van der Waals surface area (Å²) in [5, 5.41) is 11.3. The highest BCUT2D eigenvalue weighted by Gasteiger charge is 2.09. The van der Waals surface area contributed by atoms with Gasteiger partial charge in [0.25, 0.3) is 0 Å². The third-order valence-corrected chi connectivity index (χ3v) is 2.79. The fraction of sp³-hybridized carbons (Fsp3) is 0.333. The van der Waals surface area contributed by atoms with E-state index in [1.54, 1.807) is 6.08 Å². The van der Waals surface area contributed by atoms with Crippen LogP contribution in [0.15, 0.2) is 36.4 Å². The molecular formula is C15H20N2O3. The molecule has 0 heterocycles. The van der Waals surface area contributed by atoms with Crippen LogP contribution in [0.4, 0.5) is 0 Å². The first-order valence-corrected chi connectivity index (χ1v) is 6.59. The number of rotatable bonds is 8. The highest BCUT2D eigenvalue weighted by molar-refractivity contribution is 5.91. The van der Waals surface area contributed by atoms with E-state index in [0.717, 1.165) is 5.56 Å². The summed E-state index contributed by atoms with van der Waals surface area (Å²) in [6, 6.07) is 8.74. The monoisotopic (exact) mass is 276 g/mol. The van der Waals surface area contributed by atoms with E-state index in [2.05, 4.69) is 5.32 Å². The summed E-state index contributed by atoms with van der Waals surface area (Å²) in [6.07, 6.45) is 5.04. The van der Waals surface area contributed by atoms with Crippen LogP contribution in [0.3, 0.4) is 0 Å². The average molecular weight is 276 g/mol. The van der Waals surface area contributed by atoms with Crippen molar-refractivity contribution in [3.8, 4) is 0 Å². The molecule has 1 unspecified atom stereocenters. The highest BCUT2D eigenvalue weighted by atomic mass is 16.4. The Bertz CT molecular complexity index is 457. The number of carboxylic acids is 1. The minimum atomic E-state index is -0.986. The van der Waals surface area contributed by atoms with Crippen LogP contribution in [0.5, 0.6) is 0 Å². The fourth-order valence-electron chi connectivity index (χ4n) is 1.62. The lowest BCUT2D eigenvalue weighted by Gasteiger charge is -2.06. The first kappa shape index (κ1) is 15.9. The minimum absolute atomic E-state index is 0.156. The largest absolute Gasteiger partial charge is 0.480 e. The average Bonchev–Trinajstić information content (AvgIpc) is 2.45. The van der Waals surface area contributed by atoms with Gasteiger partial charge in [0.15, 0.2) is 0 Å². The molecule has 0 aliphatic rings. The minimum Gasteiger partial charge on any atom is -0.480 e. The Balaban J connectivity index is 2.15. The topological polar surface area (TPSA) is 92.4 Å². The lowest BCUT2D eigenvalue weighted by molar-refractivity contribution is -0.138. The Kier molecular flexibility index (Phi) is 7.06. The fourth-order valence-corrected chi connectivity index (χ4v) is 1.62. The molecule has 1 aromatic rings. The van der Waals surface area contributed by atoms with E-state index in [4.69, 9.17) is 10.8 Å². The zero-order chi connectivity index (χ0) is 14.8. The zero-order valence-electron chi connectivity index (χ0n) is 11.3. The Morgan fingerprint density at radius 1 is 1.25 bits per heavy atom. The normalized spacial score (nSPS) is 12.2. The molecular weight excluding hydrogens is 256 g/mol. The molecule has 1 atom stereocenters. The second-order valence-electron chi connectivity index (χ2n) is 4.48. The van der Waals surface area contributed by atoms with Crippen LogP contribution in [0, 0.1) is 0 Å². The third-order valence-electron chi connectivity index (χ3n) is 2.79. The standard InChI is InChI=1S/C15H20N2O3/c16-13(15(19)20)8-4-5-11-17-14(18)10-9-12-6-2-1-3-7-12/h1-3,6-7,9-10,13H,4-5,8,11,16H2,(H,17,18)(H,19,20). The Labute approximate surface area is 118 Å². The second-order valence-corrected chi connectivity index (χ2v) is 4.48. The number of benzene rings is 1. The number of aliphatic carboxylic acids is 1. The van der Waals surface area contributed by atoms with Crippen molar-refractivity contribution in [3.05, 3.63) is 42.0 Å². The van der Waals surface area contributed by atoms with Gasteiger partial charge in [-0.3, -0.25) is 9.59 Å². The number of nitrogens with one attached hydrogen (secondary N) is 1. The Hall–Kier alpha value is -2.14. The van der Waals surface area contributed by atoms with Gasteiger partial charge in [-0.15, -0.1) is 0 Å². The molecule has 0 spiro atoms. The quantitative estimate of drug-likeness (QED) is 0.494. The van der Waals surface area contributed by atoms with Crippen LogP contribution in [0.25, 0.3) is 6.08 Å². The molecule has 0 aliphatic carbocycles. The van der Waals surface area contributed by atoms with Gasteiger partial charge in [0.05, 0.1) is 0 Å². The van der Waals surface area contributed by atoms with Gasteiger partial charge in [-0.2, -0.15) is 0 Å². The number of nitrogens with two attached hydrogens (primary N) is 1.